The molecule has 1 rings (SSSR count). The van der Waals surface area contributed by atoms with Crippen molar-refractivity contribution in [1.82, 2.24) is 4.98 Å². The van der Waals surface area contributed by atoms with Gasteiger partial charge < -0.3 is 0 Å². The van der Waals surface area contributed by atoms with Crippen molar-refractivity contribution in [2.24, 2.45) is 10.9 Å². The van der Waals surface area contributed by atoms with E-state index in [1.807, 2.05) is 24.4 Å². The van der Waals surface area contributed by atoms with E-state index in [0.29, 0.717) is 5.92 Å². The maximum Gasteiger partial charge on any atom is 0.0808 e. The lowest BCUT2D eigenvalue weighted by atomic mass is 9.92. The molecule has 0 saturated carbocycles. The Kier molecular flexibility index (Phi) is 3.39. The molecule has 0 radical (unpaired) electrons. The van der Waals surface area contributed by atoms with Gasteiger partial charge in [-0.25, -0.2) is 0 Å². The van der Waals surface area contributed by atoms with Crippen LogP contribution in [0.3, 0.4) is 0 Å². The highest BCUT2D eigenvalue weighted by Crippen LogP contribution is 2.19. The normalized spacial score (nSPS) is 12.6. The molecule has 2 heteroatoms. The average Bonchev–Trinajstić information content (AvgIpc) is 2.16. The lowest BCUT2D eigenvalue weighted by Crippen LogP contribution is -2.24. The van der Waals surface area contributed by atoms with Gasteiger partial charge in [0.1, 0.15) is 0 Å². The SMILES string of the molecule is CC(C)C(C)(C)N=Cc1ccccn1. The molecule has 0 amide bonds. The molecule has 0 saturated heterocycles. The minimum atomic E-state index is -0.0163. The fourth-order valence-electron chi connectivity index (χ4n) is 0.834. The maximum atomic E-state index is 4.54. The summed E-state index contributed by atoms with van der Waals surface area (Å²) in [5.41, 5.74) is 0.901. The number of hydrogen-bond acceptors (Lipinski definition) is 2. The standard InChI is InChI=1S/C12H18N2/c1-10(2)12(3,4)14-9-11-7-5-6-8-13-11/h5-10H,1-4H3. The Morgan fingerprint density at radius 1 is 1.36 bits per heavy atom. The van der Waals surface area contributed by atoms with Crippen LogP contribution >= 0.6 is 0 Å². The van der Waals surface area contributed by atoms with E-state index in [2.05, 4.69) is 37.7 Å². The minimum Gasteiger partial charge on any atom is -0.285 e. The highest BCUT2D eigenvalue weighted by Gasteiger charge is 2.19. The zero-order chi connectivity index (χ0) is 10.6. The maximum absolute atomic E-state index is 4.54. The third-order valence-electron chi connectivity index (χ3n) is 2.63. The molecule has 0 aliphatic heterocycles. The molecule has 2 nitrogen and oxygen atoms in total. The number of aliphatic imine (C=N–C) groups is 1. The lowest BCUT2D eigenvalue weighted by molar-refractivity contribution is 0.378. The van der Waals surface area contributed by atoms with Gasteiger partial charge in [-0.2, -0.15) is 0 Å². The van der Waals surface area contributed by atoms with Gasteiger partial charge in [-0.1, -0.05) is 19.9 Å². The highest BCUT2D eigenvalue weighted by atomic mass is 14.8. The van der Waals surface area contributed by atoms with Crippen molar-refractivity contribution in [2.75, 3.05) is 0 Å². The molecule has 1 heterocycles. The van der Waals surface area contributed by atoms with Crippen LogP contribution in [0.5, 0.6) is 0 Å². The molecule has 0 unspecified atom stereocenters. The van der Waals surface area contributed by atoms with Gasteiger partial charge in [-0.3, -0.25) is 9.98 Å². The zero-order valence-electron chi connectivity index (χ0n) is 9.36. The van der Waals surface area contributed by atoms with Crippen molar-refractivity contribution in [3.8, 4) is 0 Å². The van der Waals surface area contributed by atoms with E-state index in [4.69, 9.17) is 0 Å². The van der Waals surface area contributed by atoms with Crippen LogP contribution in [0.15, 0.2) is 29.4 Å². The zero-order valence-corrected chi connectivity index (χ0v) is 9.36. The van der Waals surface area contributed by atoms with Crippen LogP contribution in [-0.4, -0.2) is 16.7 Å². The monoisotopic (exact) mass is 190 g/mol. The number of pyridine rings is 1. The van der Waals surface area contributed by atoms with Crippen LogP contribution in [0.25, 0.3) is 0 Å². The first-order valence-corrected chi connectivity index (χ1v) is 4.98. The molecule has 0 bridgehead atoms. The van der Waals surface area contributed by atoms with Gasteiger partial charge >= 0.3 is 0 Å². The van der Waals surface area contributed by atoms with Crippen LogP contribution in [-0.2, 0) is 0 Å². The Balaban J connectivity index is 2.74. The van der Waals surface area contributed by atoms with Crippen molar-refractivity contribution >= 4 is 6.21 Å². The van der Waals surface area contributed by atoms with Gasteiger partial charge in [-0.05, 0) is 31.9 Å². The fourth-order valence-corrected chi connectivity index (χ4v) is 0.834. The molecule has 1 aromatic rings. The number of hydrogen-bond donors (Lipinski definition) is 0. The summed E-state index contributed by atoms with van der Waals surface area (Å²) in [6, 6.07) is 5.83. The van der Waals surface area contributed by atoms with Crippen LogP contribution in [0.1, 0.15) is 33.4 Å². The lowest BCUT2D eigenvalue weighted by Gasteiger charge is -2.23. The van der Waals surface area contributed by atoms with E-state index in [-0.39, 0.29) is 5.54 Å². The van der Waals surface area contributed by atoms with E-state index in [1.165, 1.54) is 0 Å². The summed E-state index contributed by atoms with van der Waals surface area (Å²) in [7, 11) is 0. The Hall–Kier alpha value is -1.18. The summed E-state index contributed by atoms with van der Waals surface area (Å²) in [6.45, 7) is 8.62. The second-order valence-electron chi connectivity index (χ2n) is 4.32. The van der Waals surface area contributed by atoms with Crippen molar-refractivity contribution in [2.45, 2.75) is 33.2 Å². The van der Waals surface area contributed by atoms with Crippen molar-refractivity contribution in [3.05, 3.63) is 30.1 Å². The van der Waals surface area contributed by atoms with Crippen molar-refractivity contribution in [3.63, 3.8) is 0 Å². The molecule has 0 aromatic carbocycles. The average molecular weight is 190 g/mol. The molecule has 0 N–H and O–H groups in total. The third-order valence-corrected chi connectivity index (χ3v) is 2.63. The molecule has 0 fully saturated rings. The third kappa shape index (κ3) is 2.95. The van der Waals surface area contributed by atoms with Gasteiger partial charge in [0, 0.05) is 12.4 Å². The number of aromatic nitrogens is 1. The molecule has 1 aromatic heterocycles. The van der Waals surface area contributed by atoms with E-state index in [9.17, 15) is 0 Å². The first-order chi connectivity index (χ1) is 6.52. The molecule has 0 spiro atoms. The summed E-state index contributed by atoms with van der Waals surface area (Å²) in [5.74, 6) is 0.530. The topological polar surface area (TPSA) is 25.2 Å². The van der Waals surface area contributed by atoms with Crippen LogP contribution in [0.4, 0.5) is 0 Å². The Bertz CT molecular complexity index is 299. The molecule has 0 atom stereocenters. The second kappa shape index (κ2) is 4.36. The highest BCUT2D eigenvalue weighted by molar-refractivity contribution is 5.77. The fraction of sp³-hybridized carbons (Fsp3) is 0.500. The second-order valence-corrected chi connectivity index (χ2v) is 4.32. The Labute approximate surface area is 86.1 Å². The van der Waals surface area contributed by atoms with Gasteiger partial charge in [0.2, 0.25) is 0 Å². The van der Waals surface area contributed by atoms with E-state index in [0.717, 1.165) is 5.69 Å². The van der Waals surface area contributed by atoms with Crippen LogP contribution < -0.4 is 0 Å². The number of rotatable bonds is 3. The Morgan fingerprint density at radius 3 is 2.57 bits per heavy atom. The summed E-state index contributed by atoms with van der Waals surface area (Å²) < 4.78 is 0. The first kappa shape index (κ1) is 10.9. The molecular formula is C12H18N2. The van der Waals surface area contributed by atoms with Gasteiger partial charge in [-0.15, -0.1) is 0 Å². The van der Waals surface area contributed by atoms with Crippen molar-refractivity contribution in [1.29, 1.82) is 0 Å². The van der Waals surface area contributed by atoms with Crippen LogP contribution in [0, 0.1) is 5.92 Å². The van der Waals surface area contributed by atoms with E-state index >= 15 is 0 Å². The van der Waals surface area contributed by atoms with Gasteiger partial charge in [0.25, 0.3) is 0 Å². The van der Waals surface area contributed by atoms with E-state index in [1.54, 1.807) is 6.20 Å². The molecule has 76 valence electrons. The van der Waals surface area contributed by atoms with Gasteiger partial charge in [0.05, 0.1) is 11.2 Å². The molecule has 0 aliphatic carbocycles. The number of nitrogens with zero attached hydrogens (tertiary/aromatic N) is 2. The minimum absolute atomic E-state index is 0.0163. The van der Waals surface area contributed by atoms with E-state index < -0.39 is 0 Å². The molecule has 0 aliphatic rings. The summed E-state index contributed by atoms with van der Waals surface area (Å²) in [4.78, 5) is 8.73. The predicted octanol–water partition coefficient (Wildman–Crippen LogP) is 2.94. The molecular weight excluding hydrogens is 172 g/mol. The summed E-state index contributed by atoms with van der Waals surface area (Å²) in [5, 5.41) is 0. The summed E-state index contributed by atoms with van der Waals surface area (Å²) >= 11 is 0. The van der Waals surface area contributed by atoms with Gasteiger partial charge in [0.15, 0.2) is 0 Å². The van der Waals surface area contributed by atoms with Crippen LogP contribution in [0.2, 0.25) is 0 Å². The van der Waals surface area contributed by atoms with Crippen molar-refractivity contribution < 1.29 is 0 Å². The summed E-state index contributed by atoms with van der Waals surface area (Å²) in [6.07, 6.45) is 3.63. The first-order valence-electron chi connectivity index (χ1n) is 4.98. The Morgan fingerprint density at radius 2 is 2.07 bits per heavy atom. The molecule has 14 heavy (non-hydrogen) atoms. The largest absolute Gasteiger partial charge is 0.285 e. The smallest absolute Gasteiger partial charge is 0.0808 e. The predicted molar refractivity (Wildman–Crippen MR) is 60.7 cm³/mol. The quantitative estimate of drug-likeness (QED) is 0.673.